The molecule has 2 fully saturated rings. The molecule has 2 rings (SSSR count). The fourth-order valence-corrected chi connectivity index (χ4v) is 1.80. The van der Waals surface area contributed by atoms with Crippen molar-refractivity contribution in [2.45, 2.75) is 18.2 Å². The number of fused-ring (bicyclic) bond motifs is 1. The number of nitrogens with two attached hydrogens (primary N) is 1. The lowest BCUT2D eigenvalue weighted by Gasteiger charge is -2.21. The van der Waals surface area contributed by atoms with Crippen LogP contribution >= 0.6 is 0 Å². The van der Waals surface area contributed by atoms with Crippen molar-refractivity contribution in [3.8, 4) is 0 Å². The van der Waals surface area contributed by atoms with E-state index in [4.69, 9.17) is 15.2 Å². The van der Waals surface area contributed by atoms with Crippen LogP contribution in [0, 0.1) is 5.92 Å². The van der Waals surface area contributed by atoms with Gasteiger partial charge in [-0.05, 0) is 0 Å². The van der Waals surface area contributed by atoms with Crippen molar-refractivity contribution < 1.29 is 9.47 Å². The smallest absolute Gasteiger partial charge is 0.146 e. The van der Waals surface area contributed by atoms with Gasteiger partial charge < -0.3 is 15.2 Å². The first kappa shape index (κ1) is 7.28. The predicted molar refractivity (Wildman–Crippen MR) is 40.9 cm³/mol. The van der Waals surface area contributed by atoms with E-state index >= 15 is 0 Å². The summed E-state index contributed by atoms with van der Waals surface area (Å²) in [7, 11) is 0. The lowest BCUT2D eigenvalue weighted by atomic mass is 9.98. The van der Waals surface area contributed by atoms with Crippen LogP contribution in [0.5, 0.6) is 0 Å². The van der Waals surface area contributed by atoms with Gasteiger partial charge in [0.15, 0.2) is 0 Å². The zero-order valence-electron chi connectivity index (χ0n) is 6.45. The minimum absolute atomic E-state index is 0.0417. The van der Waals surface area contributed by atoms with Gasteiger partial charge in [-0.1, -0.05) is 6.08 Å². The van der Waals surface area contributed by atoms with Crippen LogP contribution in [0.3, 0.4) is 0 Å². The molecule has 62 valence electrons. The minimum atomic E-state index is -0.515. The van der Waals surface area contributed by atoms with E-state index in [1.165, 1.54) is 0 Å². The van der Waals surface area contributed by atoms with Crippen molar-refractivity contribution in [1.82, 2.24) is 0 Å². The molecule has 0 aromatic heterocycles. The molecule has 0 amide bonds. The molecule has 2 aliphatic rings. The molecule has 0 saturated carbocycles. The Morgan fingerprint density at radius 1 is 1.64 bits per heavy atom. The number of rotatable bonds is 1. The Kier molecular flexibility index (Phi) is 1.52. The minimum Gasteiger partial charge on any atom is -0.373 e. The fraction of sp³-hybridized carbons (Fsp3) is 0.750. The van der Waals surface area contributed by atoms with Crippen molar-refractivity contribution in [3.05, 3.63) is 12.7 Å². The van der Waals surface area contributed by atoms with Crippen LogP contribution in [0.2, 0.25) is 0 Å². The Hall–Kier alpha value is -0.380. The highest BCUT2D eigenvalue weighted by atomic mass is 16.6. The molecule has 2 saturated heterocycles. The summed E-state index contributed by atoms with van der Waals surface area (Å²) in [6, 6.07) is 0. The highest BCUT2D eigenvalue weighted by Crippen LogP contribution is 2.36. The molecule has 0 aromatic carbocycles. The van der Waals surface area contributed by atoms with Gasteiger partial charge in [0.2, 0.25) is 0 Å². The van der Waals surface area contributed by atoms with Gasteiger partial charge in [-0.25, -0.2) is 0 Å². The number of ether oxygens (including phenoxy) is 2. The van der Waals surface area contributed by atoms with E-state index in [1.807, 2.05) is 6.08 Å². The van der Waals surface area contributed by atoms with Gasteiger partial charge in [-0.2, -0.15) is 0 Å². The summed E-state index contributed by atoms with van der Waals surface area (Å²) in [5.74, 6) is 0.280. The molecule has 3 heteroatoms. The molecule has 3 nitrogen and oxygen atoms in total. The second kappa shape index (κ2) is 2.30. The zero-order chi connectivity index (χ0) is 7.90. The molecule has 0 radical (unpaired) electrons. The van der Waals surface area contributed by atoms with Gasteiger partial charge in [0, 0.05) is 12.3 Å². The van der Waals surface area contributed by atoms with Crippen LogP contribution in [-0.2, 0) is 9.47 Å². The SMILES string of the molecule is C=C[C@H]1CO[C@]2(N)CCOC12. The normalized spacial score (nSPS) is 49.2. The molecular weight excluding hydrogens is 142 g/mol. The third-order valence-electron chi connectivity index (χ3n) is 2.51. The molecule has 2 N–H and O–H groups in total. The Labute approximate surface area is 66.2 Å². The van der Waals surface area contributed by atoms with E-state index in [-0.39, 0.29) is 12.0 Å². The summed E-state index contributed by atoms with van der Waals surface area (Å²) < 4.78 is 10.9. The number of hydrogen-bond donors (Lipinski definition) is 1. The van der Waals surface area contributed by atoms with E-state index in [1.54, 1.807) is 0 Å². The van der Waals surface area contributed by atoms with Gasteiger partial charge in [0.05, 0.1) is 13.2 Å². The Morgan fingerprint density at radius 3 is 3.18 bits per heavy atom. The van der Waals surface area contributed by atoms with E-state index < -0.39 is 5.72 Å². The van der Waals surface area contributed by atoms with Crippen LogP contribution < -0.4 is 5.73 Å². The average molecular weight is 155 g/mol. The molecule has 1 unspecified atom stereocenters. The lowest BCUT2D eigenvalue weighted by molar-refractivity contribution is -0.0166. The molecule has 3 atom stereocenters. The number of hydrogen-bond acceptors (Lipinski definition) is 3. The third kappa shape index (κ3) is 0.922. The molecule has 2 aliphatic heterocycles. The van der Waals surface area contributed by atoms with Gasteiger partial charge in [-0.15, -0.1) is 6.58 Å². The zero-order valence-corrected chi connectivity index (χ0v) is 6.45. The Bertz CT molecular complexity index is 183. The van der Waals surface area contributed by atoms with Crippen LogP contribution in [-0.4, -0.2) is 25.0 Å². The second-order valence-electron chi connectivity index (χ2n) is 3.21. The van der Waals surface area contributed by atoms with Crippen LogP contribution in [0.4, 0.5) is 0 Å². The summed E-state index contributed by atoms with van der Waals surface area (Å²) in [5, 5.41) is 0. The standard InChI is InChI=1S/C8H13NO2/c1-2-6-5-11-8(9)3-4-10-7(6)8/h2,6-7H,1,3-5,9H2/t6-,7?,8+/m0/s1. The van der Waals surface area contributed by atoms with Crippen molar-refractivity contribution in [1.29, 1.82) is 0 Å². The van der Waals surface area contributed by atoms with Crippen molar-refractivity contribution >= 4 is 0 Å². The summed E-state index contributed by atoms with van der Waals surface area (Å²) in [6.07, 6.45) is 2.71. The molecular formula is C8H13NO2. The van der Waals surface area contributed by atoms with Crippen molar-refractivity contribution in [2.75, 3.05) is 13.2 Å². The largest absolute Gasteiger partial charge is 0.373 e. The second-order valence-corrected chi connectivity index (χ2v) is 3.21. The Morgan fingerprint density at radius 2 is 2.45 bits per heavy atom. The maximum absolute atomic E-state index is 5.94. The summed E-state index contributed by atoms with van der Waals surface area (Å²) in [6.45, 7) is 5.09. The van der Waals surface area contributed by atoms with Crippen LogP contribution in [0.15, 0.2) is 12.7 Å². The Balaban J connectivity index is 2.19. The molecule has 11 heavy (non-hydrogen) atoms. The van der Waals surface area contributed by atoms with E-state index in [9.17, 15) is 0 Å². The van der Waals surface area contributed by atoms with E-state index in [0.29, 0.717) is 13.2 Å². The third-order valence-corrected chi connectivity index (χ3v) is 2.51. The molecule has 2 heterocycles. The summed E-state index contributed by atoms with van der Waals surface area (Å²) >= 11 is 0. The topological polar surface area (TPSA) is 44.5 Å². The van der Waals surface area contributed by atoms with Crippen molar-refractivity contribution in [2.24, 2.45) is 11.7 Å². The monoisotopic (exact) mass is 155 g/mol. The molecule has 0 aliphatic carbocycles. The van der Waals surface area contributed by atoms with Gasteiger partial charge in [-0.3, -0.25) is 0 Å². The first-order chi connectivity index (χ1) is 5.26. The fourth-order valence-electron chi connectivity index (χ4n) is 1.80. The van der Waals surface area contributed by atoms with Crippen molar-refractivity contribution in [3.63, 3.8) is 0 Å². The quantitative estimate of drug-likeness (QED) is 0.552. The van der Waals surface area contributed by atoms with Crippen LogP contribution in [0.25, 0.3) is 0 Å². The highest BCUT2D eigenvalue weighted by molar-refractivity contribution is 5.03. The van der Waals surface area contributed by atoms with Crippen LogP contribution in [0.1, 0.15) is 6.42 Å². The van der Waals surface area contributed by atoms with Gasteiger partial charge in [0.25, 0.3) is 0 Å². The maximum Gasteiger partial charge on any atom is 0.146 e. The summed E-state index contributed by atoms with van der Waals surface area (Å²) in [5.41, 5.74) is 5.42. The van der Waals surface area contributed by atoms with Gasteiger partial charge in [0.1, 0.15) is 11.8 Å². The molecule has 0 bridgehead atoms. The predicted octanol–water partition coefficient (Wildman–Crippen LogP) is 0.263. The molecule has 0 spiro atoms. The van der Waals surface area contributed by atoms with E-state index in [2.05, 4.69) is 6.58 Å². The first-order valence-corrected chi connectivity index (χ1v) is 3.93. The van der Waals surface area contributed by atoms with Gasteiger partial charge >= 0.3 is 0 Å². The molecule has 0 aromatic rings. The van der Waals surface area contributed by atoms with E-state index in [0.717, 1.165) is 6.42 Å². The first-order valence-electron chi connectivity index (χ1n) is 3.93. The lowest BCUT2D eigenvalue weighted by Crippen LogP contribution is -2.45. The summed E-state index contributed by atoms with van der Waals surface area (Å²) in [4.78, 5) is 0. The highest BCUT2D eigenvalue weighted by Gasteiger charge is 2.50. The maximum atomic E-state index is 5.94. The average Bonchev–Trinajstić information content (AvgIpc) is 2.45.